The van der Waals surface area contributed by atoms with Crippen LogP contribution in [0.25, 0.3) is 11.0 Å². The standard InChI is InChI=1S/C20H21N3O3S/c1-25-15-7-8-16-17(13-15)22-20(21-16)27-18(14-5-3-2-4-6-14)19(24)23-9-11-26-12-10-23/h2-8,13,18H,9-12H2,1H3,(H,21,22)/t18-/m0/s1. The van der Waals surface area contributed by atoms with E-state index in [-0.39, 0.29) is 11.2 Å². The Morgan fingerprint density at radius 3 is 2.74 bits per heavy atom. The zero-order chi connectivity index (χ0) is 18.6. The van der Waals surface area contributed by atoms with E-state index in [1.165, 1.54) is 11.8 Å². The summed E-state index contributed by atoms with van der Waals surface area (Å²) in [7, 11) is 1.64. The number of carbonyl (C=O) groups is 1. The molecular weight excluding hydrogens is 362 g/mol. The van der Waals surface area contributed by atoms with Gasteiger partial charge in [-0.05, 0) is 17.7 Å². The van der Waals surface area contributed by atoms with Crippen molar-refractivity contribution in [3.63, 3.8) is 0 Å². The van der Waals surface area contributed by atoms with Crippen molar-refractivity contribution in [1.82, 2.24) is 14.9 Å². The Hall–Kier alpha value is -2.51. The van der Waals surface area contributed by atoms with Gasteiger partial charge in [0.15, 0.2) is 5.16 Å². The molecule has 2 heterocycles. The Bertz CT molecular complexity index is 923. The molecule has 0 saturated carbocycles. The van der Waals surface area contributed by atoms with Crippen LogP contribution in [0.3, 0.4) is 0 Å². The minimum absolute atomic E-state index is 0.0903. The fourth-order valence-electron chi connectivity index (χ4n) is 3.10. The Labute approximate surface area is 161 Å². The maximum Gasteiger partial charge on any atom is 0.240 e. The van der Waals surface area contributed by atoms with E-state index in [0.717, 1.165) is 22.3 Å². The van der Waals surface area contributed by atoms with Crippen LogP contribution in [-0.4, -0.2) is 54.2 Å². The van der Waals surface area contributed by atoms with Crippen molar-refractivity contribution in [1.29, 1.82) is 0 Å². The number of hydrogen-bond acceptors (Lipinski definition) is 5. The van der Waals surface area contributed by atoms with Crippen molar-refractivity contribution in [2.75, 3.05) is 33.4 Å². The van der Waals surface area contributed by atoms with Crippen LogP contribution in [0.4, 0.5) is 0 Å². The van der Waals surface area contributed by atoms with E-state index in [1.807, 2.05) is 53.4 Å². The van der Waals surface area contributed by atoms with Crippen molar-refractivity contribution in [2.45, 2.75) is 10.4 Å². The second-order valence-electron chi connectivity index (χ2n) is 6.27. The Morgan fingerprint density at radius 1 is 1.22 bits per heavy atom. The molecule has 1 saturated heterocycles. The van der Waals surface area contributed by atoms with Gasteiger partial charge in [-0.3, -0.25) is 4.79 Å². The number of hydrogen-bond donors (Lipinski definition) is 1. The third kappa shape index (κ3) is 3.94. The molecule has 1 amide bonds. The van der Waals surface area contributed by atoms with Gasteiger partial charge in [-0.15, -0.1) is 0 Å². The topological polar surface area (TPSA) is 67.4 Å². The molecule has 0 bridgehead atoms. The molecule has 1 aliphatic rings. The largest absolute Gasteiger partial charge is 0.497 e. The Kier molecular flexibility index (Phi) is 5.31. The summed E-state index contributed by atoms with van der Waals surface area (Å²) in [5, 5.41) is 0.362. The second kappa shape index (κ2) is 8.02. The molecule has 1 aromatic heterocycles. The average molecular weight is 383 g/mol. The monoisotopic (exact) mass is 383 g/mol. The van der Waals surface area contributed by atoms with Crippen LogP contribution in [-0.2, 0) is 9.53 Å². The Balaban J connectivity index is 1.63. The summed E-state index contributed by atoms with van der Waals surface area (Å²) < 4.78 is 10.7. The van der Waals surface area contributed by atoms with E-state index < -0.39 is 0 Å². The van der Waals surface area contributed by atoms with Gasteiger partial charge in [-0.2, -0.15) is 0 Å². The third-order valence-electron chi connectivity index (χ3n) is 4.55. The smallest absolute Gasteiger partial charge is 0.240 e. The molecule has 0 spiro atoms. The van der Waals surface area contributed by atoms with Gasteiger partial charge >= 0.3 is 0 Å². The molecule has 3 aromatic rings. The van der Waals surface area contributed by atoms with E-state index >= 15 is 0 Å². The molecule has 1 atom stereocenters. The number of amides is 1. The summed E-state index contributed by atoms with van der Waals surface area (Å²) in [5.74, 6) is 0.860. The van der Waals surface area contributed by atoms with Crippen LogP contribution in [0.1, 0.15) is 10.8 Å². The molecule has 6 nitrogen and oxygen atoms in total. The number of aromatic amines is 1. The lowest BCUT2D eigenvalue weighted by Gasteiger charge is -2.30. The highest BCUT2D eigenvalue weighted by Crippen LogP contribution is 2.36. The second-order valence-corrected chi connectivity index (χ2v) is 7.37. The minimum Gasteiger partial charge on any atom is -0.497 e. The number of methoxy groups -OCH3 is 1. The number of aromatic nitrogens is 2. The van der Waals surface area contributed by atoms with E-state index in [4.69, 9.17) is 9.47 Å². The number of nitrogens with zero attached hydrogens (tertiary/aromatic N) is 2. The normalized spacial score (nSPS) is 15.7. The van der Waals surface area contributed by atoms with Crippen molar-refractivity contribution in [3.05, 3.63) is 54.1 Å². The first-order chi connectivity index (χ1) is 13.2. The molecule has 0 aliphatic carbocycles. The van der Waals surface area contributed by atoms with E-state index in [2.05, 4.69) is 9.97 Å². The van der Waals surface area contributed by atoms with Crippen molar-refractivity contribution in [3.8, 4) is 5.75 Å². The lowest BCUT2D eigenvalue weighted by molar-refractivity contribution is -0.134. The molecule has 2 aromatic carbocycles. The number of fused-ring (bicyclic) bond motifs is 1. The predicted molar refractivity (Wildman–Crippen MR) is 105 cm³/mol. The van der Waals surface area contributed by atoms with Crippen LogP contribution in [0.5, 0.6) is 5.75 Å². The zero-order valence-corrected chi connectivity index (χ0v) is 15.9. The third-order valence-corrected chi connectivity index (χ3v) is 5.67. The van der Waals surface area contributed by atoms with Crippen LogP contribution < -0.4 is 4.74 Å². The van der Waals surface area contributed by atoms with Gasteiger partial charge < -0.3 is 19.4 Å². The molecule has 1 N–H and O–H groups in total. The summed E-state index contributed by atoms with van der Waals surface area (Å²) in [5.41, 5.74) is 2.71. The number of H-pyrrole nitrogens is 1. The summed E-state index contributed by atoms with van der Waals surface area (Å²) in [6.07, 6.45) is 0. The van der Waals surface area contributed by atoms with E-state index in [9.17, 15) is 4.79 Å². The number of nitrogens with one attached hydrogen (secondary N) is 1. The number of rotatable bonds is 5. The Morgan fingerprint density at radius 2 is 2.00 bits per heavy atom. The number of thioether (sulfide) groups is 1. The fraction of sp³-hybridized carbons (Fsp3) is 0.300. The van der Waals surface area contributed by atoms with Gasteiger partial charge in [0.1, 0.15) is 11.0 Å². The van der Waals surface area contributed by atoms with Crippen molar-refractivity contribution < 1.29 is 14.3 Å². The van der Waals surface area contributed by atoms with Crippen molar-refractivity contribution in [2.24, 2.45) is 0 Å². The van der Waals surface area contributed by atoms with Crippen LogP contribution >= 0.6 is 11.8 Å². The van der Waals surface area contributed by atoms with E-state index in [0.29, 0.717) is 31.5 Å². The predicted octanol–water partition coefficient (Wildman–Crippen LogP) is 3.26. The number of imidazole rings is 1. The lowest BCUT2D eigenvalue weighted by Crippen LogP contribution is -2.42. The molecular formula is C20H21N3O3S. The van der Waals surface area contributed by atoms with Gasteiger partial charge in [0.25, 0.3) is 0 Å². The first-order valence-corrected chi connectivity index (χ1v) is 9.74. The molecule has 0 radical (unpaired) electrons. The SMILES string of the molecule is COc1ccc2nc(S[C@H](C(=O)N3CCOCC3)c3ccccc3)[nH]c2c1. The molecule has 1 aliphatic heterocycles. The van der Waals surface area contributed by atoms with Crippen LogP contribution in [0, 0.1) is 0 Å². The fourth-order valence-corrected chi connectivity index (χ4v) is 4.18. The number of ether oxygens (including phenoxy) is 2. The van der Waals surface area contributed by atoms with Gasteiger partial charge in [-0.1, -0.05) is 42.1 Å². The zero-order valence-electron chi connectivity index (χ0n) is 15.1. The summed E-state index contributed by atoms with van der Waals surface area (Å²) in [6.45, 7) is 2.42. The highest BCUT2D eigenvalue weighted by molar-refractivity contribution is 8.00. The lowest BCUT2D eigenvalue weighted by atomic mass is 10.1. The molecule has 140 valence electrons. The van der Waals surface area contributed by atoms with Crippen molar-refractivity contribution >= 4 is 28.7 Å². The van der Waals surface area contributed by atoms with E-state index in [1.54, 1.807) is 7.11 Å². The molecule has 4 rings (SSSR count). The summed E-state index contributed by atoms with van der Waals surface area (Å²) in [4.78, 5) is 23.0. The number of carbonyl (C=O) groups excluding carboxylic acids is 1. The number of morpholine rings is 1. The minimum atomic E-state index is -0.355. The highest BCUT2D eigenvalue weighted by Gasteiger charge is 2.29. The molecule has 7 heteroatoms. The van der Waals surface area contributed by atoms with Gasteiger partial charge in [0.05, 0.1) is 31.4 Å². The quantitative estimate of drug-likeness (QED) is 0.685. The van der Waals surface area contributed by atoms with Gasteiger partial charge in [0.2, 0.25) is 5.91 Å². The average Bonchev–Trinajstić information content (AvgIpc) is 3.14. The highest BCUT2D eigenvalue weighted by atomic mass is 32.2. The summed E-state index contributed by atoms with van der Waals surface area (Å²) in [6, 6.07) is 15.5. The van der Waals surface area contributed by atoms with Gasteiger partial charge in [-0.25, -0.2) is 4.98 Å². The number of benzene rings is 2. The first-order valence-electron chi connectivity index (χ1n) is 8.86. The maximum absolute atomic E-state index is 13.2. The van der Waals surface area contributed by atoms with Crippen LogP contribution in [0.15, 0.2) is 53.7 Å². The molecule has 1 fully saturated rings. The molecule has 27 heavy (non-hydrogen) atoms. The maximum atomic E-state index is 13.2. The van der Waals surface area contributed by atoms with Gasteiger partial charge in [0, 0.05) is 19.2 Å². The summed E-state index contributed by atoms with van der Waals surface area (Å²) >= 11 is 1.44. The van der Waals surface area contributed by atoms with Crippen LogP contribution in [0.2, 0.25) is 0 Å². The first kappa shape index (κ1) is 17.9. The molecule has 0 unspecified atom stereocenters.